The Kier molecular flexibility index (Phi) is 7.72. The van der Waals surface area contributed by atoms with Crippen LogP contribution in [0.4, 0.5) is 13.6 Å². The van der Waals surface area contributed by atoms with Gasteiger partial charge >= 0.3 is 6.09 Å². The molecule has 4 N–H and O–H groups in total. The number of carbonyl (C=O) groups excluding carboxylic acids is 4. The second-order valence-electron chi connectivity index (χ2n) is 13.3. The van der Waals surface area contributed by atoms with Gasteiger partial charge in [0.15, 0.2) is 0 Å². The van der Waals surface area contributed by atoms with Crippen molar-refractivity contribution in [3.63, 3.8) is 0 Å². The van der Waals surface area contributed by atoms with Crippen LogP contribution in [0.15, 0.2) is 0 Å². The van der Waals surface area contributed by atoms with E-state index >= 15 is 0 Å². The summed E-state index contributed by atoms with van der Waals surface area (Å²) < 4.78 is 27.4. The Morgan fingerprint density at radius 1 is 1.03 bits per heavy atom. The van der Waals surface area contributed by atoms with Gasteiger partial charge in [0.2, 0.25) is 23.5 Å². The number of nitrogens with one attached hydrogen (secondary N) is 3. The van der Waals surface area contributed by atoms with Crippen molar-refractivity contribution in [2.75, 3.05) is 6.54 Å². The van der Waals surface area contributed by atoms with Crippen molar-refractivity contribution in [3.8, 4) is 0 Å². The molecule has 0 spiro atoms. The molecule has 39 heavy (non-hydrogen) atoms. The molecule has 10 nitrogen and oxygen atoms in total. The first kappa shape index (κ1) is 29.2. The minimum absolute atomic E-state index is 0.0277. The second kappa shape index (κ2) is 10.3. The van der Waals surface area contributed by atoms with E-state index in [1.165, 1.54) is 4.90 Å². The highest BCUT2D eigenvalue weighted by molar-refractivity contribution is 6.38. The molecule has 4 atom stereocenters. The normalized spacial score (nSPS) is 29.4. The maximum Gasteiger partial charge on any atom is 0.405 e. The maximum atomic E-state index is 13.7. The third-order valence-electron chi connectivity index (χ3n) is 8.86. The molecule has 0 radical (unpaired) electrons. The summed E-state index contributed by atoms with van der Waals surface area (Å²) in [4.78, 5) is 65.6. The van der Waals surface area contributed by atoms with Crippen LogP contribution in [0.3, 0.4) is 0 Å². The van der Waals surface area contributed by atoms with E-state index in [1.54, 1.807) is 20.8 Å². The lowest BCUT2D eigenvalue weighted by Crippen LogP contribution is -2.59. The Morgan fingerprint density at radius 2 is 1.64 bits per heavy atom. The van der Waals surface area contributed by atoms with Crippen LogP contribution >= 0.6 is 0 Å². The van der Waals surface area contributed by atoms with Gasteiger partial charge in [-0.15, -0.1) is 0 Å². The molecular weight excluding hydrogens is 514 g/mol. The number of alkyl halides is 2. The van der Waals surface area contributed by atoms with E-state index in [-0.39, 0.29) is 23.9 Å². The van der Waals surface area contributed by atoms with Gasteiger partial charge in [-0.3, -0.25) is 19.2 Å². The first-order valence-corrected chi connectivity index (χ1v) is 13.8. The Labute approximate surface area is 227 Å². The number of carboxylic acid groups (broad SMARTS) is 1. The summed E-state index contributed by atoms with van der Waals surface area (Å²) in [6.45, 7) is 6.12. The van der Waals surface area contributed by atoms with E-state index < -0.39 is 71.9 Å². The SMILES string of the molecule is CC(F)(F)CCC(NC(=O)[C@@H]1CC(C23CC(C2)C3)CN1C(=O)[C@@H](NC(=O)O)C(C)(C)C)C(=O)C(=O)NC1CC1. The number of hydrogen-bond acceptors (Lipinski definition) is 5. The summed E-state index contributed by atoms with van der Waals surface area (Å²) in [6.07, 6.45) is 2.34. The minimum atomic E-state index is -3.11. The highest BCUT2D eigenvalue weighted by Gasteiger charge is 2.63. The number of halogens is 2. The topological polar surface area (TPSA) is 145 Å². The number of nitrogens with zero attached hydrogens (tertiary/aromatic N) is 1. The van der Waals surface area contributed by atoms with Crippen LogP contribution in [0, 0.1) is 22.7 Å². The molecule has 1 saturated heterocycles. The Morgan fingerprint density at radius 3 is 2.10 bits per heavy atom. The van der Waals surface area contributed by atoms with Gasteiger partial charge in [0.25, 0.3) is 5.91 Å². The van der Waals surface area contributed by atoms with Gasteiger partial charge in [0.05, 0.1) is 6.04 Å². The zero-order valence-electron chi connectivity index (χ0n) is 23.0. The van der Waals surface area contributed by atoms with E-state index in [4.69, 9.17) is 0 Å². The molecule has 0 aromatic rings. The highest BCUT2D eigenvalue weighted by Crippen LogP contribution is 2.69. The lowest BCUT2D eigenvalue weighted by Gasteiger charge is -2.65. The summed E-state index contributed by atoms with van der Waals surface area (Å²) in [5, 5.41) is 16.7. The molecule has 2 unspecified atom stereocenters. The molecule has 5 aliphatic rings. The van der Waals surface area contributed by atoms with Crippen molar-refractivity contribution in [3.05, 3.63) is 0 Å². The molecule has 5 fully saturated rings. The molecule has 0 aromatic heterocycles. The van der Waals surface area contributed by atoms with Gasteiger partial charge in [-0.1, -0.05) is 20.8 Å². The van der Waals surface area contributed by atoms with Crippen molar-refractivity contribution in [1.82, 2.24) is 20.9 Å². The number of ketones is 1. The monoisotopic (exact) mass is 554 g/mol. The molecule has 2 bridgehead atoms. The van der Waals surface area contributed by atoms with Gasteiger partial charge in [-0.05, 0) is 74.5 Å². The Bertz CT molecular complexity index is 1020. The smallest absolute Gasteiger partial charge is 0.405 e. The van der Waals surface area contributed by atoms with E-state index in [0.717, 1.165) is 32.1 Å². The van der Waals surface area contributed by atoms with Crippen LogP contribution in [-0.2, 0) is 19.2 Å². The van der Waals surface area contributed by atoms with Crippen LogP contribution in [0.5, 0.6) is 0 Å². The van der Waals surface area contributed by atoms with Crippen molar-refractivity contribution < 1.29 is 37.9 Å². The second-order valence-corrected chi connectivity index (χ2v) is 13.3. The standard InChI is InChI=1S/C27H40F2N4O6/c1-25(2,3)20(32-24(38)39)23(37)33-13-15(27-10-14(11-27)12-27)9-18(33)21(35)31-17(7-8-26(4,28)29)19(34)22(36)30-16-5-6-16/h14-18,20,32H,5-13H2,1-4H3,(H,30,36)(H,31,35)(H,38,39)/t14?,15?,17?,18-,20+,27?/m0/s1. The summed E-state index contributed by atoms with van der Waals surface area (Å²) in [5.74, 6) is -5.58. The van der Waals surface area contributed by atoms with Crippen molar-refractivity contribution >= 4 is 29.6 Å². The van der Waals surface area contributed by atoms with E-state index in [2.05, 4.69) is 16.0 Å². The third kappa shape index (κ3) is 6.51. The Balaban J connectivity index is 1.55. The fourth-order valence-electron chi connectivity index (χ4n) is 6.33. The third-order valence-corrected chi connectivity index (χ3v) is 8.86. The summed E-state index contributed by atoms with van der Waals surface area (Å²) >= 11 is 0. The first-order valence-electron chi connectivity index (χ1n) is 13.8. The zero-order valence-corrected chi connectivity index (χ0v) is 23.0. The molecule has 4 amide bonds. The van der Waals surface area contributed by atoms with Gasteiger partial charge in [-0.2, -0.15) is 0 Å². The van der Waals surface area contributed by atoms with Gasteiger partial charge in [0.1, 0.15) is 12.1 Å². The van der Waals surface area contributed by atoms with Crippen LogP contribution in [0.25, 0.3) is 0 Å². The van der Waals surface area contributed by atoms with Crippen LogP contribution in [0.2, 0.25) is 0 Å². The molecule has 12 heteroatoms. The lowest BCUT2D eigenvalue weighted by atomic mass is 9.40. The van der Waals surface area contributed by atoms with Crippen LogP contribution in [-0.4, -0.2) is 76.2 Å². The van der Waals surface area contributed by atoms with Crippen LogP contribution in [0.1, 0.15) is 79.1 Å². The molecule has 5 rings (SSSR count). The molecular formula is C27H40F2N4O6. The van der Waals surface area contributed by atoms with Crippen molar-refractivity contribution in [2.24, 2.45) is 22.7 Å². The summed E-state index contributed by atoms with van der Waals surface area (Å²) in [7, 11) is 0. The highest BCUT2D eigenvalue weighted by atomic mass is 19.3. The number of carbonyl (C=O) groups is 5. The number of amides is 4. The molecule has 1 aliphatic heterocycles. The van der Waals surface area contributed by atoms with Gasteiger partial charge in [-0.25, -0.2) is 13.6 Å². The van der Waals surface area contributed by atoms with Gasteiger partial charge < -0.3 is 26.0 Å². The van der Waals surface area contributed by atoms with E-state index in [9.17, 15) is 37.9 Å². The molecule has 218 valence electrons. The fourth-order valence-corrected chi connectivity index (χ4v) is 6.33. The number of Topliss-reactive ketones (excluding diaryl/α,β-unsaturated/α-hetero) is 1. The number of hydrogen-bond donors (Lipinski definition) is 4. The molecule has 4 saturated carbocycles. The fraction of sp³-hybridized carbons (Fsp3) is 0.815. The lowest BCUT2D eigenvalue weighted by molar-refractivity contribution is -0.151. The molecule has 0 aromatic carbocycles. The summed E-state index contributed by atoms with van der Waals surface area (Å²) in [5.41, 5.74) is -0.740. The number of likely N-dealkylation sites (tertiary alicyclic amines) is 1. The quantitative estimate of drug-likeness (QED) is 0.289. The Hall–Kier alpha value is -2.79. The maximum absolute atomic E-state index is 13.7. The van der Waals surface area contributed by atoms with Gasteiger partial charge in [0, 0.05) is 19.0 Å². The van der Waals surface area contributed by atoms with Crippen molar-refractivity contribution in [1.29, 1.82) is 0 Å². The van der Waals surface area contributed by atoms with E-state index in [1.807, 2.05) is 0 Å². The van der Waals surface area contributed by atoms with E-state index in [0.29, 0.717) is 19.3 Å². The van der Waals surface area contributed by atoms with Crippen LogP contribution < -0.4 is 16.0 Å². The largest absolute Gasteiger partial charge is 0.465 e. The number of rotatable bonds is 11. The predicted molar refractivity (Wildman–Crippen MR) is 136 cm³/mol. The first-order chi connectivity index (χ1) is 18.0. The molecule has 1 heterocycles. The zero-order chi connectivity index (χ0) is 28.9. The summed E-state index contributed by atoms with van der Waals surface area (Å²) in [6, 6.07) is -3.74. The average Bonchev–Trinajstić information content (AvgIpc) is 3.45. The predicted octanol–water partition coefficient (Wildman–Crippen LogP) is 2.45. The average molecular weight is 555 g/mol. The van der Waals surface area contributed by atoms with Crippen molar-refractivity contribution in [2.45, 2.75) is 109 Å². The molecule has 4 aliphatic carbocycles. The minimum Gasteiger partial charge on any atom is -0.465 e.